The minimum Gasteiger partial charge on any atom is -0.313 e. The molecule has 2 aliphatic heterocycles. The quantitative estimate of drug-likeness (QED) is 0.624. The predicted molar refractivity (Wildman–Crippen MR) is 116 cm³/mol. The molecular weight excluding hydrogens is 452 g/mol. The maximum Gasteiger partial charge on any atom is 0.0228 e. The highest BCUT2D eigenvalue weighted by Crippen LogP contribution is 2.51. The molecule has 2 saturated heterocycles. The maximum absolute atomic E-state index is 3.93. The Hall–Kier alpha value is -0.680. The number of hydrogen-bond donors (Lipinski definition) is 1. The van der Waals surface area contributed by atoms with Crippen LogP contribution >= 0.6 is 31.9 Å². The topological polar surface area (TPSA) is 15.3 Å². The van der Waals surface area contributed by atoms with Gasteiger partial charge in [0.2, 0.25) is 0 Å². The highest BCUT2D eigenvalue weighted by Gasteiger charge is 2.50. The Balaban J connectivity index is 1.77. The van der Waals surface area contributed by atoms with Gasteiger partial charge in [-0.05, 0) is 75.3 Å². The molecule has 2 heterocycles. The van der Waals surface area contributed by atoms with E-state index in [9.17, 15) is 0 Å². The standard InChI is InChI=1S/C22H26Br2N2/c1-26(2)22-11-12-25-21(19(13-22)15-3-7-17(23)8-4-15)20(14-22)16-5-9-18(24)10-6-16/h3-10,19-21,25H,11-14H2,1-2H3. The molecule has 2 nitrogen and oxygen atoms in total. The van der Waals surface area contributed by atoms with Gasteiger partial charge < -0.3 is 10.2 Å². The summed E-state index contributed by atoms with van der Waals surface area (Å²) in [6.07, 6.45) is 3.68. The molecule has 2 unspecified atom stereocenters. The van der Waals surface area contributed by atoms with Gasteiger partial charge in [0.1, 0.15) is 0 Å². The minimum atomic E-state index is 0.259. The van der Waals surface area contributed by atoms with E-state index in [1.54, 1.807) is 0 Å². The smallest absolute Gasteiger partial charge is 0.0228 e. The Labute approximate surface area is 173 Å². The van der Waals surface area contributed by atoms with E-state index in [1.807, 2.05) is 0 Å². The van der Waals surface area contributed by atoms with Gasteiger partial charge in [-0.2, -0.15) is 0 Å². The second-order valence-electron chi connectivity index (χ2n) is 8.07. The van der Waals surface area contributed by atoms with Crippen molar-refractivity contribution in [1.29, 1.82) is 0 Å². The van der Waals surface area contributed by atoms with Crippen LogP contribution in [0.25, 0.3) is 0 Å². The van der Waals surface area contributed by atoms with Crippen molar-refractivity contribution in [2.24, 2.45) is 0 Å². The molecular formula is C22H26Br2N2. The van der Waals surface area contributed by atoms with Gasteiger partial charge in [0.15, 0.2) is 0 Å². The van der Waals surface area contributed by atoms with E-state index in [0.29, 0.717) is 17.9 Å². The van der Waals surface area contributed by atoms with Gasteiger partial charge in [0, 0.05) is 32.4 Å². The summed E-state index contributed by atoms with van der Waals surface area (Å²) in [6, 6.07) is 18.5. The fourth-order valence-corrected chi connectivity index (χ4v) is 5.58. The van der Waals surface area contributed by atoms with E-state index in [0.717, 1.165) is 15.5 Å². The van der Waals surface area contributed by atoms with Gasteiger partial charge in [-0.15, -0.1) is 0 Å². The SMILES string of the molecule is CN(C)C12CCNC(C(c3ccc(Br)cc3)C1)C(c1ccc(Br)cc1)C2. The van der Waals surface area contributed by atoms with Crippen LogP contribution in [0.5, 0.6) is 0 Å². The molecule has 0 radical (unpaired) electrons. The van der Waals surface area contributed by atoms with Crippen molar-refractivity contribution in [2.75, 3.05) is 20.6 Å². The van der Waals surface area contributed by atoms with Crippen molar-refractivity contribution in [2.45, 2.75) is 42.7 Å². The molecule has 0 aromatic heterocycles. The van der Waals surface area contributed by atoms with Crippen molar-refractivity contribution in [3.8, 4) is 0 Å². The van der Waals surface area contributed by atoms with E-state index in [-0.39, 0.29) is 5.54 Å². The lowest BCUT2D eigenvalue weighted by atomic mass is 9.64. The van der Waals surface area contributed by atoms with E-state index in [1.165, 1.54) is 30.4 Å². The highest BCUT2D eigenvalue weighted by atomic mass is 79.9. The van der Waals surface area contributed by atoms with Crippen LogP contribution in [0.4, 0.5) is 0 Å². The Morgan fingerprint density at radius 1 is 0.846 bits per heavy atom. The highest BCUT2D eigenvalue weighted by molar-refractivity contribution is 9.10. The number of benzene rings is 2. The average Bonchev–Trinajstić information content (AvgIpc) is 2.94. The fraction of sp³-hybridized carbons (Fsp3) is 0.455. The summed E-state index contributed by atoms with van der Waals surface area (Å²) >= 11 is 7.17. The lowest BCUT2D eigenvalue weighted by molar-refractivity contribution is 0.0790. The summed E-state index contributed by atoms with van der Waals surface area (Å²) in [6.45, 7) is 1.10. The number of nitrogens with one attached hydrogen (secondary N) is 1. The van der Waals surface area contributed by atoms with Gasteiger partial charge >= 0.3 is 0 Å². The lowest BCUT2D eigenvalue weighted by Gasteiger charge is -2.49. The molecule has 5 rings (SSSR count). The van der Waals surface area contributed by atoms with E-state index in [4.69, 9.17) is 0 Å². The molecule has 138 valence electrons. The van der Waals surface area contributed by atoms with Crippen LogP contribution in [0, 0.1) is 0 Å². The molecule has 1 aliphatic carbocycles. The Kier molecular flexibility index (Phi) is 5.30. The number of nitrogens with zero attached hydrogens (tertiary/aromatic N) is 1. The van der Waals surface area contributed by atoms with Crippen LogP contribution in [0.3, 0.4) is 0 Å². The normalized spacial score (nSPS) is 31.2. The van der Waals surface area contributed by atoms with Crippen molar-refractivity contribution in [3.63, 3.8) is 0 Å². The molecule has 2 bridgehead atoms. The van der Waals surface area contributed by atoms with Crippen LogP contribution < -0.4 is 5.32 Å². The zero-order valence-electron chi connectivity index (χ0n) is 15.4. The fourth-order valence-electron chi connectivity index (χ4n) is 5.06. The van der Waals surface area contributed by atoms with Crippen molar-refractivity contribution >= 4 is 31.9 Å². The third-order valence-corrected chi connectivity index (χ3v) is 7.64. The molecule has 0 amide bonds. The third-order valence-electron chi connectivity index (χ3n) is 6.58. The van der Waals surface area contributed by atoms with Gasteiger partial charge in [-0.3, -0.25) is 0 Å². The molecule has 2 aromatic carbocycles. The Bertz CT molecular complexity index is 699. The first-order valence-corrected chi connectivity index (χ1v) is 11.0. The van der Waals surface area contributed by atoms with Crippen molar-refractivity contribution in [3.05, 3.63) is 68.6 Å². The Morgan fingerprint density at radius 2 is 1.31 bits per heavy atom. The van der Waals surface area contributed by atoms with Gasteiger partial charge in [-0.25, -0.2) is 0 Å². The number of hydrogen-bond acceptors (Lipinski definition) is 2. The van der Waals surface area contributed by atoms with Gasteiger partial charge in [-0.1, -0.05) is 56.1 Å². The van der Waals surface area contributed by atoms with Crippen LogP contribution in [0.1, 0.15) is 42.2 Å². The van der Waals surface area contributed by atoms with E-state index < -0.39 is 0 Å². The van der Waals surface area contributed by atoms with E-state index >= 15 is 0 Å². The second-order valence-corrected chi connectivity index (χ2v) is 9.90. The minimum absolute atomic E-state index is 0.259. The summed E-state index contributed by atoms with van der Waals surface area (Å²) in [5.74, 6) is 1.07. The lowest BCUT2D eigenvalue weighted by Crippen LogP contribution is -2.52. The van der Waals surface area contributed by atoms with Crippen molar-refractivity contribution in [1.82, 2.24) is 10.2 Å². The molecule has 2 aromatic rings. The number of fused-ring (bicyclic) bond motifs is 4. The second kappa shape index (κ2) is 7.38. The molecule has 26 heavy (non-hydrogen) atoms. The monoisotopic (exact) mass is 476 g/mol. The van der Waals surface area contributed by atoms with Crippen molar-refractivity contribution < 1.29 is 0 Å². The molecule has 3 fully saturated rings. The van der Waals surface area contributed by atoms with Gasteiger partial charge in [0.25, 0.3) is 0 Å². The van der Waals surface area contributed by atoms with Crippen LogP contribution in [-0.4, -0.2) is 37.1 Å². The van der Waals surface area contributed by atoms with Crippen LogP contribution in [0.15, 0.2) is 57.5 Å². The molecule has 3 aliphatic rings. The maximum atomic E-state index is 3.93. The number of rotatable bonds is 3. The third kappa shape index (κ3) is 3.42. The predicted octanol–water partition coefficient (Wildman–Crippen LogP) is 5.54. The zero-order chi connectivity index (χ0) is 18.3. The molecule has 0 spiro atoms. The first-order chi connectivity index (χ1) is 12.5. The van der Waals surface area contributed by atoms with Gasteiger partial charge in [0.05, 0.1) is 0 Å². The average molecular weight is 478 g/mol. The van der Waals surface area contributed by atoms with Crippen LogP contribution in [-0.2, 0) is 0 Å². The molecule has 1 saturated carbocycles. The summed E-state index contributed by atoms with van der Waals surface area (Å²) in [5, 5.41) is 3.93. The molecule has 2 atom stereocenters. The first kappa shape index (κ1) is 18.7. The first-order valence-electron chi connectivity index (χ1n) is 9.40. The summed E-state index contributed by atoms with van der Waals surface area (Å²) in [4.78, 5) is 2.49. The Morgan fingerprint density at radius 3 is 1.73 bits per heavy atom. The summed E-state index contributed by atoms with van der Waals surface area (Å²) in [7, 11) is 4.53. The summed E-state index contributed by atoms with van der Waals surface area (Å²) in [5.41, 5.74) is 3.18. The number of halogens is 2. The van der Waals surface area contributed by atoms with E-state index in [2.05, 4.69) is 105 Å². The molecule has 1 N–H and O–H groups in total. The zero-order valence-corrected chi connectivity index (χ0v) is 18.6. The molecule has 4 heteroatoms. The largest absolute Gasteiger partial charge is 0.313 e. The summed E-state index contributed by atoms with van der Waals surface area (Å²) < 4.78 is 2.31. The van der Waals surface area contributed by atoms with Crippen LogP contribution in [0.2, 0.25) is 0 Å².